The Balaban J connectivity index is 1.92. The zero-order valence-corrected chi connectivity index (χ0v) is 14.4. The molecule has 0 atom stereocenters. The molecule has 0 aliphatic heterocycles. The fourth-order valence-electron chi connectivity index (χ4n) is 2.01. The van der Waals surface area contributed by atoms with Crippen LogP contribution in [-0.4, -0.2) is 17.4 Å². The Morgan fingerprint density at radius 2 is 1.96 bits per heavy atom. The highest BCUT2D eigenvalue weighted by Crippen LogP contribution is 2.23. The third-order valence-electron chi connectivity index (χ3n) is 3.30. The number of benzene rings is 1. The van der Waals surface area contributed by atoms with Crippen LogP contribution < -0.4 is 10.6 Å². The molecule has 0 saturated heterocycles. The monoisotopic (exact) mass is 351 g/mol. The molecule has 0 radical (unpaired) electrons. The van der Waals surface area contributed by atoms with Gasteiger partial charge in [-0.1, -0.05) is 43.0 Å². The van der Waals surface area contributed by atoms with Gasteiger partial charge in [0.05, 0.1) is 21.9 Å². The quantitative estimate of drug-likeness (QED) is 0.670. The van der Waals surface area contributed by atoms with Crippen LogP contribution >= 0.6 is 23.2 Å². The third-order valence-corrected chi connectivity index (χ3v) is 4.04. The predicted molar refractivity (Wildman–Crippen MR) is 96.7 cm³/mol. The number of halogens is 2. The van der Waals surface area contributed by atoms with Crippen molar-refractivity contribution in [1.29, 1.82) is 0 Å². The smallest absolute Gasteiger partial charge is 0.256 e. The summed E-state index contributed by atoms with van der Waals surface area (Å²) in [6.45, 7) is 3.09. The van der Waals surface area contributed by atoms with Crippen LogP contribution in [0, 0.1) is 0 Å². The number of anilines is 2. The Bertz CT molecular complexity index is 659. The molecule has 0 spiro atoms. The molecule has 6 heteroatoms. The van der Waals surface area contributed by atoms with Gasteiger partial charge in [-0.3, -0.25) is 4.79 Å². The summed E-state index contributed by atoms with van der Waals surface area (Å²) < 4.78 is 0. The van der Waals surface area contributed by atoms with Crippen LogP contribution in [0.25, 0.3) is 0 Å². The molecule has 0 unspecified atom stereocenters. The lowest BCUT2D eigenvalue weighted by atomic mass is 10.2. The number of pyridine rings is 1. The van der Waals surface area contributed by atoms with Crippen LogP contribution in [0.1, 0.15) is 36.5 Å². The van der Waals surface area contributed by atoms with E-state index >= 15 is 0 Å². The van der Waals surface area contributed by atoms with Crippen LogP contribution in [0.4, 0.5) is 11.5 Å². The van der Waals surface area contributed by atoms with Crippen LogP contribution in [0.2, 0.25) is 10.0 Å². The number of hydrogen-bond acceptors (Lipinski definition) is 3. The number of carbonyl (C=O) groups is 1. The van der Waals surface area contributed by atoms with Gasteiger partial charge in [0.1, 0.15) is 5.82 Å². The first-order chi connectivity index (χ1) is 11.1. The van der Waals surface area contributed by atoms with E-state index in [1.165, 1.54) is 18.9 Å². The Kier molecular flexibility index (Phi) is 6.68. The minimum absolute atomic E-state index is 0.278. The van der Waals surface area contributed by atoms with Crippen molar-refractivity contribution in [1.82, 2.24) is 4.98 Å². The van der Waals surface area contributed by atoms with Crippen molar-refractivity contribution in [3.8, 4) is 0 Å². The van der Waals surface area contributed by atoms with Crippen molar-refractivity contribution >= 4 is 40.6 Å². The van der Waals surface area contributed by atoms with Gasteiger partial charge in [0, 0.05) is 12.1 Å². The molecule has 0 fully saturated rings. The summed E-state index contributed by atoms with van der Waals surface area (Å²) >= 11 is 11.8. The van der Waals surface area contributed by atoms with E-state index in [0.29, 0.717) is 21.4 Å². The highest BCUT2D eigenvalue weighted by molar-refractivity contribution is 6.42. The van der Waals surface area contributed by atoms with E-state index in [2.05, 4.69) is 22.5 Å². The normalized spacial score (nSPS) is 10.4. The van der Waals surface area contributed by atoms with Crippen LogP contribution in [0.15, 0.2) is 36.5 Å². The van der Waals surface area contributed by atoms with Gasteiger partial charge in [-0.25, -0.2) is 4.98 Å². The standard InChI is InChI=1S/C17H19Cl2N3O/c1-2-3-4-9-20-13-6-8-16(21-11-13)22-17(23)12-5-7-14(18)15(19)10-12/h5-8,10-11,20H,2-4,9H2,1H3,(H,21,22,23). The lowest BCUT2D eigenvalue weighted by Gasteiger charge is -2.08. The second kappa shape index (κ2) is 8.75. The Labute approximate surface area is 146 Å². The molecule has 1 heterocycles. The molecule has 122 valence electrons. The summed E-state index contributed by atoms with van der Waals surface area (Å²) in [5.74, 6) is 0.208. The molecule has 0 bridgehead atoms. The van der Waals surface area contributed by atoms with Gasteiger partial charge in [-0.2, -0.15) is 0 Å². The van der Waals surface area contributed by atoms with E-state index < -0.39 is 0 Å². The van der Waals surface area contributed by atoms with E-state index in [1.807, 2.05) is 6.07 Å². The Morgan fingerprint density at radius 3 is 2.61 bits per heavy atom. The van der Waals surface area contributed by atoms with E-state index in [4.69, 9.17) is 23.2 Å². The average molecular weight is 352 g/mol. The summed E-state index contributed by atoms with van der Waals surface area (Å²) in [7, 11) is 0. The number of carbonyl (C=O) groups excluding carboxylic acids is 1. The van der Waals surface area contributed by atoms with Gasteiger partial charge in [-0.05, 0) is 36.8 Å². The number of unbranched alkanes of at least 4 members (excludes halogenated alkanes) is 2. The Hall–Kier alpha value is -1.78. The van der Waals surface area contributed by atoms with E-state index in [1.54, 1.807) is 24.4 Å². The maximum atomic E-state index is 12.1. The molecule has 0 aliphatic rings. The first-order valence-corrected chi connectivity index (χ1v) is 8.32. The van der Waals surface area contributed by atoms with E-state index in [0.717, 1.165) is 18.7 Å². The minimum atomic E-state index is -0.278. The second-order valence-corrected chi connectivity index (χ2v) is 5.96. The number of nitrogens with zero attached hydrogens (tertiary/aromatic N) is 1. The van der Waals surface area contributed by atoms with Crippen LogP contribution in [0.5, 0.6) is 0 Å². The molecule has 1 amide bonds. The minimum Gasteiger partial charge on any atom is -0.384 e. The SMILES string of the molecule is CCCCCNc1ccc(NC(=O)c2ccc(Cl)c(Cl)c2)nc1. The van der Waals surface area contributed by atoms with Gasteiger partial charge in [0.25, 0.3) is 5.91 Å². The van der Waals surface area contributed by atoms with Crippen molar-refractivity contribution in [2.24, 2.45) is 0 Å². The summed E-state index contributed by atoms with van der Waals surface area (Å²) in [5, 5.41) is 6.79. The molecule has 0 aliphatic carbocycles. The molecular weight excluding hydrogens is 333 g/mol. The predicted octanol–water partition coefficient (Wildman–Crippen LogP) is 5.24. The van der Waals surface area contributed by atoms with Gasteiger partial charge in [0.15, 0.2) is 0 Å². The molecule has 23 heavy (non-hydrogen) atoms. The van der Waals surface area contributed by atoms with Crippen molar-refractivity contribution in [2.75, 3.05) is 17.2 Å². The first kappa shape index (κ1) is 17.6. The van der Waals surface area contributed by atoms with Crippen molar-refractivity contribution < 1.29 is 4.79 Å². The topological polar surface area (TPSA) is 54.0 Å². The maximum absolute atomic E-state index is 12.1. The number of nitrogens with one attached hydrogen (secondary N) is 2. The number of aromatic nitrogens is 1. The van der Waals surface area contributed by atoms with Crippen molar-refractivity contribution in [3.05, 3.63) is 52.1 Å². The molecule has 4 nitrogen and oxygen atoms in total. The molecule has 2 rings (SSSR count). The van der Waals surface area contributed by atoms with Crippen molar-refractivity contribution in [2.45, 2.75) is 26.2 Å². The summed E-state index contributed by atoms with van der Waals surface area (Å²) in [5.41, 5.74) is 1.37. The lowest BCUT2D eigenvalue weighted by Crippen LogP contribution is -2.13. The molecule has 1 aromatic carbocycles. The van der Waals surface area contributed by atoms with E-state index in [9.17, 15) is 4.79 Å². The fraction of sp³-hybridized carbons (Fsp3) is 0.294. The second-order valence-electron chi connectivity index (χ2n) is 5.15. The van der Waals surface area contributed by atoms with Gasteiger partial charge in [0.2, 0.25) is 0 Å². The zero-order chi connectivity index (χ0) is 16.7. The lowest BCUT2D eigenvalue weighted by molar-refractivity contribution is 0.102. The van der Waals surface area contributed by atoms with Gasteiger partial charge >= 0.3 is 0 Å². The van der Waals surface area contributed by atoms with Crippen LogP contribution in [0.3, 0.4) is 0 Å². The van der Waals surface area contributed by atoms with E-state index in [-0.39, 0.29) is 5.91 Å². The van der Waals surface area contributed by atoms with Crippen molar-refractivity contribution in [3.63, 3.8) is 0 Å². The number of hydrogen-bond donors (Lipinski definition) is 2. The summed E-state index contributed by atoms with van der Waals surface area (Å²) in [6, 6.07) is 8.40. The number of rotatable bonds is 7. The highest BCUT2D eigenvalue weighted by atomic mass is 35.5. The molecule has 2 N–H and O–H groups in total. The first-order valence-electron chi connectivity index (χ1n) is 7.56. The molecule has 0 saturated carbocycles. The highest BCUT2D eigenvalue weighted by Gasteiger charge is 2.09. The fourth-order valence-corrected chi connectivity index (χ4v) is 2.30. The summed E-state index contributed by atoms with van der Waals surface area (Å²) in [6.07, 6.45) is 5.24. The van der Waals surface area contributed by atoms with Crippen LogP contribution in [-0.2, 0) is 0 Å². The van der Waals surface area contributed by atoms with Gasteiger partial charge < -0.3 is 10.6 Å². The summed E-state index contributed by atoms with van der Waals surface area (Å²) in [4.78, 5) is 16.4. The largest absolute Gasteiger partial charge is 0.384 e. The molecular formula is C17H19Cl2N3O. The third kappa shape index (κ3) is 5.41. The average Bonchev–Trinajstić information content (AvgIpc) is 2.55. The Morgan fingerprint density at radius 1 is 1.13 bits per heavy atom. The number of amides is 1. The van der Waals surface area contributed by atoms with Gasteiger partial charge in [-0.15, -0.1) is 0 Å². The molecule has 1 aromatic heterocycles. The maximum Gasteiger partial charge on any atom is 0.256 e. The zero-order valence-electron chi connectivity index (χ0n) is 12.9. The molecule has 2 aromatic rings.